The number of hydrogen-bond acceptors (Lipinski definition) is 0. The topological polar surface area (TPSA) is 0 Å². The highest BCUT2D eigenvalue weighted by Crippen LogP contribution is 2.23. The third-order valence-electron chi connectivity index (χ3n) is 1.64. The fraction of sp³-hybridized carbons (Fsp3) is 0.778. The van der Waals surface area contributed by atoms with Crippen LogP contribution in [0.4, 0.5) is 4.39 Å². The van der Waals surface area contributed by atoms with Gasteiger partial charge in [-0.05, 0) is 26.2 Å². The van der Waals surface area contributed by atoms with Gasteiger partial charge >= 0.3 is 0 Å². The summed E-state index contributed by atoms with van der Waals surface area (Å²) in [6.45, 7) is 7.23. The highest BCUT2D eigenvalue weighted by Gasteiger charge is 2.19. The number of hydrogen-bond donors (Lipinski definition) is 0. The lowest BCUT2D eigenvalue weighted by Gasteiger charge is -2.17. The van der Waals surface area contributed by atoms with Crippen LogP contribution in [0.3, 0.4) is 0 Å². The molecular weight excluding hydrogens is 127 g/mol. The Morgan fingerprint density at radius 2 is 2.10 bits per heavy atom. The molecule has 0 aliphatic carbocycles. The molecule has 1 heteroatoms. The van der Waals surface area contributed by atoms with Gasteiger partial charge in [-0.15, -0.1) is 6.58 Å². The molecule has 0 amide bonds. The maximum Gasteiger partial charge on any atom is 0.108 e. The van der Waals surface area contributed by atoms with E-state index in [9.17, 15) is 4.39 Å². The second kappa shape index (κ2) is 4.48. The zero-order chi connectivity index (χ0) is 8.04. The summed E-state index contributed by atoms with van der Waals surface area (Å²) >= 11 is 0. The van der Waals surface area contributed by atoms with E-state index in [0.29, 0.717) is 12.8 Å². The molecule has 0 aromatic carbocycles. The molecule has 0 heterocycles. The predicted octanol–water partition coefficient (Wildman–Crippen LogP) is 3.48. The van der Waals surface area contributed by atoms with Gasteiger partial charge in [0.05, 0.1) is 0 Å². The summed E-state index contributed by atoms with van der Waals surface area (Å²) in [5.74, 6) is 0. The molecule has 0 radical (unpaired) electrons. The Labute approximate surface area is 63.1 Å². The van der Waals surface area contributed by atoms with Crippen LogP contribution in [0.25, 0.3) is 0 Å². The summed E-state index contributed by atoms with van der Waals surface area (Å²) in [6, 6.07) is 0. The third-order valence-corrected chi connectivity index (χ3v) is 1.64. The molecule has 0 aromatic rings. The Morgan fingerprint density at radius 1 is 1.50 bits per heavy atom. The minimum Gasteiger partial charge on any atom is -0.244 e. The fourth-order valence-corrected chi connectivity index (χ4v) is 1.05. The summed E-state index contributed by atoms with van der Waals surface area (Å²) in [5.41, 5.74) is -0.969. The molecule has 1 unspecified atom stereocenters. The zero-order valence-corrected chi connectivity index (χ0v) is 6.99. The summed E-state index contributed by atoms with van der Waals surface area (Å²) in [7, 11) is 0. The van der Waals surface area contributed by atoms with E-state index in [1.807, 2.05) is 6.92 Å². The van der Waals surface area contributed by atoms with Crippen molar-refractivity contribution in [3.63, 3.8) is 0 Å². The Bertz CT molecular complexity index is 94.9. The molecule has 0 spiro atoms. The van der Waals surface area contributed by atoms with Gasteiger partial charge in [-0.1, -0.05) is 19.4 Å². The van der Waals surface area contributed by atoms with Crippen LogP contribution >= 0.6 is 0 Å². The first kappa shape index (κ1) is 9.67. The van der Waals surface area contributed by atoms with Crippen LogP contribution in [-0.2, 0) is 0 Å². The second-order valence-electron chi connectivity index (χ2n) is 2.99. The van der Waals surface area contributed by atoms with Gasteiger partial charge in [0.1, 0.15) is 5.67 Å². The van der Waals surface area contributed by atoms with E-state index in [0.717, 1.165) is 12.8 Å². The molecule has 0 aliphatic heterocycles. The summed E-state index contributed by atoms with van der Waals surface area (Å²) in [4.78, 5) is 0. The molecule has 0 aromatic heterocycles. The van der Waals surface area contributed by atoms with Crippen molar-refractivity contribution in [2.24, 2.45) is 0 Å². The van der Waals surface area contributed by atoms with Crippen LogP contribution in [0.1, 0.15) is 39.5 Å². The molecule has 0 saturated heterocycles. The van der Waals surface area contributed by atoms with E-state index >= 15 is 0 Å². The lowest BCUT2D eigenvalue weighted by molar-refractivity contribution is 0.161. The highest BCUT2D eigenvalue weighted by atomic mass is 19.1. The number of halogens is 1. The third kappa shape index (κ3) is 4.54. The minimum atomic E-state index is -0.969. The minimum absolute atomic E-state index is 0.615. The largest absolute Gasteiger partial charge is 0.244 e. The first-order chi connectivity index (χ1) is 4.62. The van der Waals surface area contributed by atoms with Crippen molar-refractivity contribution in [2.45, 2.75) is 45.2 Å². The van der Waals surface area contributed by atoms with Crippen molar-refractivity contribution in [3.05, 3.63) is 12.7 Å². The van der Waals surface area contributed by atoms with Gasteiger partial charge in [-0.2, -0.15) is 0 Å². The van der Waals surface area contributed by atoms with Gasteiger partial charge in [0, 0.05) is 0 Å². The summed E-state index contributed by atoms with van der Waals surface area (Å²) < 4.78 is 13.2. The van der Waals surface area contributed by atoms with Gasteiger partial charge in [0.15, 0.2) is 0 Å². The quantitative estimate of drug-likeness (QED) is 0.518. The van der Waals surface area contributed by atoms with Crippen LogP contribution < -0.4 is 0 Å². The normalized spacial score (nSPS) is 16.3. The Hall–Kier alpha value is -0.330. The van der Waals surface area contributed by atoms with Crippen molar-refractivity contribution >= 4 is 0 Å². The molecular formula is C9H17F. The van der Waals surface area contributed by atoms with Gasteiger partial charge in [-0.25, -0.2) is 4.39 Å². The molecule has 10 heavy (non-hydrogen) atoms. The molecule has 0 rings (SSSR count). The Balaban J connectivity index is 3.51. The smallest absolute Gasteiger partial charge is 0.108 e. The average Bonchev–Trinajstić information content (AvgIpc) is 1.84. The molecule has 0 saturated carbocycles. The molecule has 0 fully saturated rings. The van der Waals surface area contributed by atoms with E-state index in [4.69, 9.17) is 0 Å². The maximum atomic E-state index is 13.2. The molecule has 0 N–H and O–H groups in total. The van der Waals surface area contributed by atoms with Gasteiger partial charge in [0.25, 0.3) is 0 Å². The zero-order valence-electron chi connectivity index (χ0n) is 6.99. The molecule has 0 aliphatic rings. The predicted molar refractivity (Wildman–Crippen MR) is 43.9 cm³/mol. The Kier molecular flexibility index (Phi) is 4.33. The Morgan fingerprint density at radius 3 is 2.50 bits per heavy atom. The van der Waals surface area contributed by atoms with Gasteiger partial charge in [-0.3, -0.25) is 0 Å². The lowest BCUT2D eigenvalue weighted by atomic mass is 9.97. The standard InChI is InChI=1S/C9H17F/c1-4-6-8-9(3,10)7-5-2/h4H,1,5-8H2,2-3H3. The van der Waals surface area contributed by atoms with E-state index < -0.39 is 5.67 Å². The van der Waals surface area contributed by atoms with Crippen LogP contribution in [0.5, 0.6) is 0 Å². The SMILES string of the molecule is C=CCCC(C)(F)CCC. The maximum absolute atomic E-state index is 13.2. The van der Waals surface area contributed by atoms with E-state index in [1.54, 1.807) is 13.0 Å². The summed E-state index contributed by atoms with van der Waals surface area (Å²) in [5, 5.41) is 0. The van der Waals surface area contributed by atoms with Gasteiger partial charge < -0.3 is 0 Å². The number of allylic oxidation sites excluding steroid dienone is 1. The van der Waals surface area contributed by atoms with Crippen molar-refractivity contribution in [1.29, 1.82) is 0 Å². The van der Waals surface area contributed by atoms with Crippen molar-refractivity contribution < 1.29 is 4.39 Å². The van der Waals surface area contributed by atoms with Crippen LogP contribution in [-0.4, -0.2) is 5.67 Å². The number of alkyl halides is 1. The highest BCUT2D eigenvalue weighted by molar-refractivity contribution is 4.77. The molecule has 1 atom stereocenters. The van der Waals surface area contributed by atoms with Crippen LogP contribution in [0.2, 0.25) is 0 Å². The van der Waals surface area contributed by atoms with Crippen molar-refractivity contribution in [1.82, 2.24) is 0 Å². The number of rotatable bonds is 5. The lowest BCUT2D eigenvalue weighted by Crippen LogP contribution is -2.16. The van der Waals surface area contributed by atoms with Crippen molar-refractivity contribution in [2.75, 3.05) is 0 Å². The van der Waals surface area contributed by atoms with Crippen LogP contribution in [0, 0.1) is 0 Å². The summed E-state index contributed by atoms with van der Waals surface area (Å²) in [6.07, 6.45) is 4.76. The van der Waals surface area contributed by atoms with Gasteiger partial charge in [0.2, 0.25) is 0 Å². The molecule has 60 valence electrons. The fourth-order valence-electron chi connectivity index (χ4n) is 1.05. The first-order valence-corrected chi connectivity index (χ1v) is 3.92. The monoisotopic (exact) mass is 144 g/mol. The van der Waals surface area contributed by atoms with E-state index in [1.165, 1.54) is 0 Å². The first-order valence-electron chi connectivity index (χ1n) is 3.92. The van der Waals surface area contributed by atoms with Crippen molar-refractivity contribution in [3.8, 4) is 0 Å². The molecule has 0 nitrogen and oxygen atoms in total. The van der Waals surface area contributed by atoms with E-state index in [-0.39, 0.29) is 0 Å². The second-order valence-corrected chi connectivity index (χ2v) is 2.99. The van der Waals surface area contributed by atoms with Crippen LogP contribution in [0.15, 0.2) is 12.7 Å². The van der Waals surface area contributed by atoms with E-state index in [2.05, 4.69) is 6.58 Å². The average molecular weight is 144 g/mol. The molecule has 0 bridgehead atoms.